The van der Waals surface area contributed by atoms with Crippen molar-refractivity contribution in [2.75, 3.05) is 11.9 Å². The van der Waals surface area contributed by atoms with Gasteiger partial charge in [0.25, 0.3) is 0 Å². The van der Waals surface area contributed by atoms with E-state index in [1.54, 1.807) is 12.1 Å². The summed E-state index contributed by atoms with van der Waals surface area (Å²) in [7, 11) is 0. The van der Waals surface area contributed by atoms with Gasteiger partial charge in [-0.25, -0.2) is 0 Å². The topological polar surface area (TPSA) is 73.6 Å². The van der Waals surface area contributed by atoms with Crippen molar-refractivity contribution in [3.05, 3.63) is 48.5 Å². The van der Waals surface area contributed by atoms with Gasteiger partial charge in [0.15, 0.2) is 0 Å². The molecular formula is C18H21ClN2O3. The molecular weight excluding hydrogens is 328 g/mol. The molecule has 1 fully saturated rings. The molecule has 2 aromatic carbocycles. The van der Waals surface area contributed by atoms with Crippen LogP contribution >= 0.6 is 12.4 Å². The summed E-state index contributed by atoms with van der Waals surface area (Å²) in [6, 6.07) is 14.6. The Bertz CT molecular complexity index is 682. The SMILES string of the molecule is CCOc1ccc(Oc2ccc(NC(=O)C3(N)CC3)cc2)cc1.Cl. The average molecular weight is 349 g/mol. The van der Waals surface area contributed by atoms with Gasteiger partial charge < -0.3 is 20.5 Å². The van der Waals surface area contributed by atoms with Gasteiger partial charge in [-0.05, 0) is 68.3 Å². The van der Waals surface area contributed by atoms with Crippen LogP contribution in [0.4, 0.5) is 5.69 Å². The molecule has 0 heterocycles. The van der Waals surface area contributed by atoms with Gasteiger partial charge in [-0.3, -0.25) is 4.79 Å². The molecule has 1 aliphatic rings. The second-order valence-electron chi connectivity index (χ2n) is 5.64. The maximum absolute atomic E-state index is 11.9. The van der Waals surface area contributed by atoms with Crippen LogP contribution < -0.4 is 20.5 Å². The van der Waals surface area contributed by atoms with Crippen molar-refractivity contribution in [3.63, 3.8) is 0 Å². The molecule has 24 heavy (non-hydrogen) atoms. The molecule has 0 bridgehead atoms. The zero-order chi connectivity index (χ0) is 16.3. The van der Waals surface area contributed by atoms with E-state index in [4.69, 9.17) is 15.2 Å². The quantitative estimate of drug-likeness (QED) is 0.834. The third kappa shape index (κ3) is 4.40. The lowest BCUT2D eigenvalue weighted by Crippen LogP contribution is -2.37. The lowest BCUT2D eigenvalue weighted by atomic mass is 10.2. The standard InChI is InChI=1S/C18H20N2O3.ClH/c1-2-22-14-7-9-16(10-8-14)23-15-5-3-13(4-6-15)20-17(21)18(19)11-12-18;/h3-10H,2,11-12,19H2,1H3,(H,20,21);1H. The van der Waals surface area contributed by atoms with E-state index in [0.717, 1.165) is 24.3 Å². The average Bonchev–Trinajstić information content (AvgIpc) is 3.31. The fourth-order valence-electron chi connectivity index (χ4n) is 2.13. The second-order valence-corrected chi connectivity index (χ2v) is 5.64. The maximum Gasteiger partial charge on any atom is 0.244 e. The minimum Gasteiger partial charge on any atom is -0.494 e. The highest BCUT2D eigenvalue weighted by atomic mass is 35.5. The van der Waals surface area contributed by atoms with E-state index in [2.05, 4.69) is 5.32 Å². The summed E-state index contributed by atoms with van der Waals surface area (Å²) in [5, 5.41) is 2.82. The van der Waals surface area contributed by atoms with Crippen LogP contribution in [-0.2, 0) is 4.79 Å². The lowest BCUT2D eigenvalue weighted by molar-refractivity contribution is -0.118. The molecule has 0 aromatic heterocycles. The first-order valence-corrected chi connectivity index (χ1v) is 7.70. The van der Waals surface area contributed by atoms with E-state index < -0.39 is 5.54 Å². The van der Waals surface area contributed by atoms with Crippen molar-refractivity contribution in [1.29, 1.82) is 0 Å². The Morgan fingerprint density at radius 3 is 2.04 bits per heavy atom. The minimum absolute atomic E-state index is 0. The second kappa shape index (κ2) is 7.55. The van der Waals surface area contributed by atoms with Gasteiger partial charge in [0.1, 0.15) is 17.2 Å². The first-order valence-electron chi connectivity index (χ1n) is 7.70. The molecule has 2 aromatic rings. The molecule has 0 atom stereocenters. The summed E-state index contributed by atoms with van der Waals surface area (Å²) < 4.78 is 11.1. The van der Waals surface area contributed by atoms with E-state index in [-0.39, 0.29) is 18.3 Å². The highest BCUT2D eigenvalue weighted by molar-refractivity contribution is 6.00. The lowest BCUT2D eigenvalue weighted by Gasteiger charge is -2.11. The van der Waals surface area contributed by atoms with Crippen LogP contribution in [0, 0.1) is 0 Å². The van der Waals surface area contributed by atoms with Gasteiger partial charge in [-0.1, -0.05) is 0 Å². The first-order chi connectivity index (χ1) is 11.1. The zero-order valence-corrected chi connectivity index (χ0v) is 14.3. The predicted molar refractivity (Wildman–Crippen MR) is 96.2 cm³/mol. The summed E-state index contributed by atoms with van der Waals surface area (Å²) in [4.78, 5) is 11.9. The molecule has 1 amide bonds. The molecule has 0 unspecified atom stereocenters. The molecule has 0 radical (unpaired) electrons. The number of anilines is 1. The van der Waals surface area contributed by atoms with Crippen molar-refractivity contribution in [1.82, 2.24) is 0 Å². The van der Waals surface area contributed by atoms with Crippen LogP contribution in [0.2, 0.25) is 0 Å². The Balaban J connectivity index is 0.00000208. The summed E-state index contributed by atoms with van der Waals surface area (Å²) in [6.07, 6.45) is 1.50. The van der Waals surface area contributed by atoms with Gasteiger partial charge in [0, 0.05) is 5.69 Å². The molecule has 3 rings (SSSR count). The van der Waals surface area contributed by atoms with Crippen LogP contribution in [0.5, 0.6) is 17.2 Å². The van der Waals surface area contributed by atoms with Crippen molar-refractivity contribution in [2.45, 2.75) is 25.3 Å². The van der Waals surface area contributed by atoms with Crippen molar-refractivity contribution < 1.29 is 14.3 Å². The van der Waals surface area contributed by atoms with Crippen LogP contribution in [0.15, 0.2) is 48.5 Å². The molecule has 5 nitrogen and oxygen atoms in total. The van der Waals surface area contributed by atoms with E-state index in [0.29, 0.717) is 18.0 Å². The third-order valence-electron chi connectivity index (χ3n) is 3.72. The highest BCUT2D eigenvalue weighted by Gasteiger charge is 2.45. The summed E-state index contributed by atoms with van der Waals surface area (Å²) >= 11 is 0. The number of nitrogens with two attached hydrogens (primary N) is 1. The predicted octanol–water partition coefficient (Wildman–Crippen LogP) is 3.73. The Morgan fingerprint density at radius 1 is 1.04 bits per heavy atom. The van der Waals surface area contributed by atoms with Gasteiger partial charge in [-0.15, -0.1) is 12.4 Å². The Hall–Kier alpha value is -2.24. The summed E-state index contributed by atoms with van der Waals surface area (Å²) in [5.41, 5.74) is 5.90. The Labute approximate surface area is 147 Å². The smallest absolute Gasteiger partial charge is 0.244 e. The molecule has 0 saturated heterocycles. The molecule has 6 heteroatoms. The number of carbonyl (C=O) groups is 1. The van der Waals surface area contributed by atoms with Gasteiger partial charge in [0.05, 0.1) is 12.1 Å². The number of hydrogen-bond acceptors (Lipinski definition) is 4. The summed E-state index contributed by atoms with van der Waals surface area (Å²) in [5.74, 6) is 2.11. The van der Waals surface area contributed by atoms with E-state index in [1.165, 1.54) is 0 Å². The zero-order valence-electron chi connectivity index (χ0n) is 13.5. The number of ether oxygens (including phenoxy) is 2. The Morgan fingerprint density at radius 2 is 1.54 bits per heavy atom. The van der Waals surface area contributed by atoms with Gasteiger partial charge in [-0.2, -0.15) is 0 Å². The Kier molecular flexibility index (Phi) is 5.70. The molecule has 0 spiro atoms. The minimum atomic E-state index is -0.669. The maximum atomic E-state index is 11.9. The monoisotopic (exact) mass is 348 g/mol. The third-order valence-corrected chi connectivity index (χ3v) is 3.72. The number of amides is 1. The van der Waals surface area contributed by atoms with E-state index in [9.17, 15) is 4.79 Å². The van der Waals surface area contributed by atoms with E-state index in [1.807, 2.05) is 43.3 Å². The largest absolute Gasteiger partial charge is 0.494 e. The van der Waals surface area contributed by atoms with Crippen LogP contribution in [0.3, 0.4) is 0 Å². The number of halogens is 1. The normalized spacial score (nSPS) is 14.2. The number of carbonyl (C=O) groups excluding carboxylic acids is 1. The summed E-state index contributed by atoms with van der Waals surface area (Å²) in [6.45, 7) is 2.58. The van der Waals surface area contributed by atoms with Gasteiger partial charge >= 0.3 is 0 Å². The fourth-order valence-corrected chi connectivity index (χ4v) is 2.13. The molecule has 1 saturated carbocycles. The van der Waals surface area contributed by atoms with Crippen LogP contribution in [0.25, 0.3) is 0 Å². The number of nitrogens with one attached hydrogen (secondary N) is 1. The molecule has 128 valence electrons. The number of hydrogen-bond donors (Lipinski definition) is 2. The first kappa shape index (κ1) is 18.1. The van der Waals surface area contributed by atoms with E-state index >= 15 is 0 Å². The molecule has 1 aliphatic carbocycles. The van der Waals surface area contributed by atoms with Crippen LogP contribution in [-0.4, -0.2) is 18.1 Å². The highest BCUT2D eigenvalue weighted by Crippen LogP contribution is 2.33. The van der Waals surface area contributed by atoms with Gasteiger partial charge in [0.2, 0.25) is 5.91 Å². The molecule has 0 aliphatic heterocycles. The fraction of sp³-hybridized carbons (Fsp3) is 0.278. The number of rotatable bonds is 6. The van der Waals surface area contributed by atoms with Crippen molar-refractivity contribution in [2.24, 2.45) is 5.73 Å². The van der Waals surface area contributed by atoms with Crippen molar-refractivity contribution >= 4 is 24.0 Å². The molecule has 3 N–H and O–H groups in total. The number of benzene rings is 2. The van der Waals surface area contributed by atoms with Crippen molar-refractivity contribution in [3.8, 4) is 17.2 Å². The van der Waals surface area contributed by atoms with Crippen LogP contribution in [0.1, 0.15) is 19.8 Å².